The number of amides is 2. The largest absolute Gasteiger partial charge is 0.504 e. The minimum absolute atomic E-state index is 0.0236. The Hall–Kier alpha value is -5.28. The second-order valence-corrected chi connectivity index (χ2v) is 16.2. The van der Waals surface area contributed by atoms with Crippen LogP contribution in [0.15, 0.2) is 60.7 Å². The number of fused-ring (bicyclic) bond motifs is 5. The lowest BCUT2D eigenvalue weighted by atomic mass is 9.72. The van der Waals surface area contributed by atoms with E-state index in [0.717, 1.165) is 28.5 Å². The number of thiophene rings is 1. The van der Waals surface area contributed by atoms with Crippen LogP contribution in [0.5, 0.6) is 23.0 Å². The molecule has 5 N–H and O–H groups in total. The van der Waals surface area contributed by atoms with Gasteiger partial charge in [0.25, 0.3) is 11.8 Å². The Bertz CT molecular complexity index is 2460. The Morgan fingerprint density at radius 2 is 1.31 bits per heavy atom. The number of carbonyl (C=O) groups excluding carboxylic acids is 2. The molecule has 2 aliphatic heterocycles. The van der Waals surface area contributed by atoms with E-state index in [4.69, 9.17) is 4.74 Å². The van der Waals surface area contributed by atoms with Crippen molar-refractivity contribution in [3.05, 3.63) is 92.7 Å². The van der Waals surface area contributed by atoms with Crippen molar-refractivity contribution in [2.75, 3.05) is 17.7 Å². The molecular weight excluding hydrogens is 673 g/mol. The van der Waals surface area contributed by atoms with E-state index in [1.807, 2.05) is 57.2 Å². The van der Waals surface area contributed by atoms with E-state index in [2.05, 4.69) is 44.4 Å². The van der Waals surface area contributed by atoms with Crippen LogP contribution >= 0.6 is 11.3 Å². The zero-order valence-electron chi connectivity index (χ0n) is 30.7. The van der Waals surface area contributed by atoms with Gasteiger partial charge in [-0.1, -0.05) is 72.7 Å². The third kappa shape index (κ3) is 5.24. The number of hydrogen-bond donors (Lipinski definition) is 5. The Morgan fingerprint density at radius 3 is 1.81 bits per heavy atom. The number of phenolic OH excluding ortho intramolecular Hbond substituents is 3. The number of carbonyl (C=O) groups is 2. The van der Waals surface area contributed by atoms with Gasteiger partial charge in [-0.05, 0) is 71.7 Å². The Balaban J connectivity index is 1.39. The fraction of sp³-hybridized carbons (Fsp3) is 0.302. The van der Waals surface area contributed by atoms with Crippen molar-refractivity contribution in [3.63, 3.8) is 0 Å². The van der Waals surface area contributed by atoms with Crippen LogP contribution in [0, 0.1) is 5.92 Å². The number of aromatic hydroxyl groups is 3. The maximum Gasteiger partial charge on any atom is 0.256 e. The molecule has 3 heterocycles. The predicted molar refractivity (Wildman–Crippen MR) is 209 cm³/mol. The number of nitrogens with one attached hydrogen (secondary N) is 2. The quantitative estimate of drug-likeness (QED) is 0.104. The summed E-state index contributed by atoms with van der Waals surface area (Å²) in [7, 11) is 1.50. The summed E-state index contributed by atoms with van der Waals surface area (Å²) in [5.74, 6) is -0.365. The monoisotopic (exact) mass is 716 g/mol. The lowest BCUT2D eigenvalue weighted by molar-refractivity contribution is -0.111. The molecule has 0 bridgehead atoms. The highest BCUT2D eigenvalue weighted by molar-refractivity contribution is 7.15. The number of rotatable bonds is 8. The maximum absolute atomic E-state index is 13.8. The molecule has 52 heavy (non-hydrogen) atoms. The molecule has 9 heteroatoms. The van der Waals surface area contributed by atoms with Crippen molar-refractivity contribution < 1.29 is 29.6 Å². The standard InChI is InChI=1S/C43H44N2O6S/c1-9-43(10-2,21(3)4)33-16-15-32(52-33)28-17-22(20-31(51-8)38(28)47)34-26-13-11-25-24(36(26)44-40(34)49)12-14-27-35(41(50)45-37(25)27)23-18-29(42(5,6)7)39(48)30(46)19-23/h11-21,46-48H,9-10H2,1-8H3,(H,44,49)(H,45,50). The average Bonchev–Trinajstić information content (AvgIpc) is 3.81. The lowest BCUT2D eigenvalue weighted by Crippen LogP contribution is -2.29. The Labute approximate surface area is 307 Å². The molecule has 2 amide bonds. The predicted octanol–water partition coefficient (Wildman–Crippen LogP) is 8.01. The van der Waals surface area contributed by atoms with Crippen molar-refractivity contribution in [3.8, 4) is 33.4 Å². The van der Waals surface area contributed by atoms with Gasteiger partial charge in [-0.25, -0.2) is 0 Å². The van der Waals surface area contributed by atoms with Gasteiger partial charge in [0, 0.05) is 47.5 Å². The molecule has 0 saturated heterocycles. The summed E-state index contributed by atoms with van der Waals surface area (Å²) >= 11 is 1.67. The van der Waals surface area contributed by atoms with Crippen molar-refractivity contribution in [1.29, 1.82) is 0 Å². The van der Waals surface area contributed by atoms with Crippen LogP contribution in [-0.2, 0) is 20.4 Å². The number of anilines is 2. The number of methoxy groups -OCH3 is 1. The van der Waals surface area contributed by atoms with Gasteiger partial charge in [-0.3, -0.25) is 9.59 Å². The van der Waals surface area contributed by atoms with Crippen molar-refractivity contribution in [2.45, 2.75) is 72.1 Å². The molecule has 0 saturated carbocycles. The van der Waals surface area contributed by atoms with Crippen LogP contribution in [0.1, 0.15) is 82.9 Å². The molecule has 5 aromatic rings. The van der Waals surface area contributed by atoms with E-state index in [-0.39, 0.29) is 40.2 Å². The van der Waals surface area contributed by atoms with E-state index in [1.165, 1.54) is 18.1 Å². The van der Waals surface area contributed by atoms with E-state index >= 15 is 0 Å². The molecular formula is C43H44N2O6S. The minimum atomic E-state index is -0.481. The molecule has 0 unspecified atom stereocenters. The van der Waals surface area contributed by atoms with Gasteiger partial charge < -0.3 is 30.7 Å². The zero-order valence-corrected chi connectivity index (χ0v) is 31.6. The number of phenols is 3. The highest BCUT2D eigenvalue weighted by atomic mass is 32.1. The second-order valence-electron chi connectivity index (χ2n) is 15.1. The Kier molecular flexibility index (Phi) is 8.41. The number of hydrogen-bond acceptors (Lipinski definition) is 7. The van der Waals surface area contributed by atoms with Crippen LogP contribution in [0.25, 0.3) is 32.4 Å². The first-order valence-electron chi connectivity index (χ1n) is 17.7. The molecule has 1 aromatic heterocycles. The maximum atomic E-state index is 13.8. The van der Waals surface area contributed by atoms with Gasteiger partial charge in [-0.2, -0.15) is 0 Å². The lowest BCUT2D eigenvalue weighted by Gasteiger charge is -2.35. The van der Waals surface area contributed by atoms with Crippen molar-refractivity contribution in [1.82, 2.24) is 0 Å². The van der Waals surface area contributed by atoms with E-state index in [1.54, 1.807) is 23.5 Å². The Morgan fingerprint density at radius 1 is 0.750 bits per heavy atom. The molecule has 0 atom stereocenters. The van der Waals surface area contributed by atoms with Gasteiger partial charge in [0.05, 0.1) is 29.6 Å². The summed E-state index contributed by atoms with van der Waals surface area (Å²) < 4.78 is 5.64. The van der Waals surface area contributed by atoms with Gasteiger partial charge >= 0.3 is 0 Å². The summed E-state index contributed by atoms with van der Waals surface area (Å²) in [4.78, 5) is 29.5. The smallest absolute Gasteiger partial charge is 0.256 e. The third-order valence-corrected chi connectivity index (χ3v) is 12.5. The zero-order chi connectivity index (χ0) is 37.4. The molecule has 0 radical (unpaired) electrons. The number of benzene rings is 4. The molecule has 268 valence electrons. The van der Waals surface area contributed by atoms with Gasteiger partial charge in [0.2, 0.25) is 0 Å². The second kappa shape index (κ2) is 12.4. The topological polar surface area (TPSA) is 128 Å². The highest BCUT2D eigenvalue weighted by Crippen LogP contribution is 2.48. The van der Waals surface area contributed by atoms with Gasteiger partial charge in [0.1, 0.15) is 0 Å². The number of ether oxygens (including phenoxy) is 1. The third-order valence-electron chi connectivity index (χ3n) is 11.2. The summed E-state index contributed by atoms with van der Waals surface area (Å²) in [6, 6.07) is 18.4. The normalized spacial score (nSPS) is 14.2. The molecule has 0 spiro atoms. The molecule has 0 aliphatic carbocycles. The van der Waals surface area contributed by atoms with E-state index in [9.17, 15) is 24.9 Å². The fourth-order valence-corrected chi connectivity index (χ4v) is 9.64. The van der Waals surface area contributed by atoms with Gasteiger partial charge in [-0.15, -0.1) is 11.3 Å². The first kappa shape index (κ1) is 35.1. The molecule has 2 aliphatic rings. The van der Waals surface area contributed by atoms with Crippen LogP contribution < -0.4 is 25.8 Å². The highest BCUT2D eigenvalue weighted by Gasteiger charge is 2.35. The van der Waals surface area contributed by atoms with Crippen LogP contribution in [0.2, 0.25) is 0 Å². The summed E-state index contributed by atoms with van der Waals surface area (Å²) in [6.45, 7) is 14.7. The summed E-state index contributed by atoms with van der Waals surface area (Å²) in [5, 5.41) is 41.5. The summed E-state index contributed by atoms with van der Waals surface area (Å²) in [5.41, 5.74) is 3.86. The van der Waals surface area contributed by atoms with Crippen molar-refractivity contribution >= 4 is 56.4 Å². The van der Waals surface area contributed by atoms with Crippen molar-refractivity contribution in [2.24, 2.45) is 5.92 Å². The van der Waals surface area contributed by atoms with Crippen LogP contribution in [0.3, 0.4) is 0 Å². The molecule has 7 rings (SSSR count). The minimum Gasteiger partial charge on any atom is -0.504 e. The van der Waals surface area contributed by atoms with E-state index in [0.29, 0.717) is 61.1 Å². The first-order valence-corrected chi connectivity index (χ1v) is 18.5. The van der Waals surface area contributed by atoms with E-state index < -0.39 is 5.41 Å². The average molecular weight is 717 g/mol. The van der Waals surface area contributed by atoms with Gasteiger partial charge in [0.15, 0.2) is 23.0 Å². The van der Waals surface area contributed by atoms with Crippen LogP contribution in [0.4, 0.5) is 11.4 Å². The summed E-state index contributed by atoms with van der Waals surface area (Å²) in [6.07, 6.45) is 2.01. The van der Waals surface area contributed by atoms with Crippen LogP contribution in [-0.4, -0.2) is 34.2 Å². The fourth-order valence-electron chi connectivity index (χ4n) is 8.14. The molecule has 0 fully saturated rings. The SMILES string of the molecule is CCC(CC)(c1ccc(-c2cc(C3=c4ccc5c6c(ccc5c4NC3=O)=C(c3cc(O)c(O)c(C(C)(C)C)c3)C(=O)N6)cc(OC)c2O)s1)C(C)C. The molecule has 4 aromatic carbocycles. The first-order chi connectivity index (χ1) is 24.6. The molecule has 8 nitrogen and oxygen atoms in total.